The first-order valence-corrected chi connectivity index (χ1v) is 8.76. The van der Waals surface area contributed by atoms with Crippen LogP contribution < -0.4 is 4.74 Å². The molecule has 0 saturated heterocycles. The summed E-state index contributed by atoms with van der Waals surface area (Å²) in [6, 6.07) is 16.6. The maximum atomic E-state index is 5.74. The summed E-state index contributed by atoms with van der Waals surface area (Å²) in [5.74, 6) is 0.949. The molecule has 2 aromatic carbocycles. The van der Waals surface area contributed by atoms with E-state index in [1.807, 2.05) is 12.1 Å². The zero-order valence-electron chi connectivity index (χ0n) is 11.3. The second-order valence-corrected chi connectivity index (χ2v) is 6.34. The summed E-state index contributed by atoms with van der Waals surface area (Å²) in [4.78, 5) is 0. The predicted octanol–water partition coefficient (Wildman–Crippen LogP) is 6.06. The van der Waals surface area contributed by atoms with Gasteiger partial charge in [0, 0.05) is 9.80 Å². The lowest BCUT2D eigenvalue weighted by Gasteiger charge is -2.07. The van der Waals surface area contributed by atoms with Crippen LogP contribution in [0.5, 0.6) is 5.75 Å². The summed E-state index contributed by atoms with van der Waals surface area (Å²) in [5, 5.41) is 1.08. The van der Waals surface area contributed by atoms with Crippen LogP contribution in [0.2, 0.25) is 0 Å². The minimum atomic E-state index is 0.796. The lowest BCUT2D eigenvalue weighted by atomic mass is 10.1. The van der Waals surface area contributed by atoms with Gasteiger partial charge in [-0.15, -0.1) is 0 Å². The van der Waals surface area contributed by atoms with Gasteiger partial charge in [0.2, 0.25) is 0 Å². The normalized spacial score (nSPS) is 10.5. The fourth-order valence-electron chi connectivity index (χ4n) is 1.95. The van der Waals surface area contributed by atoms with E-state index in [0.29, 0.717) is 0 Å². The Labute approximate surface area is 137 Å². The number of alkyl halides is 1. The van der Waals surface area contributed by atoms with Crippen molar-refractivity contribution >= 4 is 31.9 Å². The first-order chi connectivity index (χ1) is 9.79. The van der Waals surface area contributed by atoms with Gasteiger partial charge >= 0.3 is 0 Å². The number of hydrogen-bond donors (Lipinski definition) is 0. The lowest BCUT2D eigenvalue weighted by molar-refractivity contribution is 0.306. The van der Waals surface area contributed by atoms with Crippen molar-refractivity contribution in [1.82, 2.24) is 0 Å². The number of halogens is 2. The standard InChI is InChI=1S/C17H18Br2O/c18-12-2-1-3-13-20-17-10-6-15(7-11-17)14-4-8-16(19)9-5-14/h4-11H,1-3,12-13H2. The largest absolute Gasteiger partial charge is 0.494 e. The second-order valence-electron chi connectivity index (χ2n) is 4.63. The van der Waals surface area contributed by atoms with Gasteiger partial charge in [-0.05, 0) is 54.7 Å². The number of hydrogen-bond acceptors (Lipinski definition) is 1. The zero-order valence-corrected chi connectivity index (χ0v) is 14.5. The Morgan fingerprint density at radius 3 is 1.95 bits per heavy atom. The highest BCUT2D eigenvalue weighted by atomic mass is 79.9. The van der Waals surface area contributed by atoms with Crippen LogP contribution in [0.3, 0.4) is 0 Å². The van der Waals surface area contributed by atoms with E-state index in [9.17, 15) is 0 Å². The van der Waals surface area contributed by atoms with Crippen molar-refractivity contribution in [3.63, 3.8) is 0 Å². The van der Waals surface area contributed by atoms with Crippen LogP contribution in [0.4, 0.5) is 0 Å². The van der Waals surface area contributed by atoms with Gasteiger partial charge in [-0.2, -0.15) is 0 Å². The number of benzene rings is 2. The SMILES string of the molecule is BrCCCCCOc1ccc(-c2ccc(Br)cc2)cc1. The van der Waals surface area contributed by atoms with Gasteiger partial charge < -0.3 is 4.74 Å². The summed E-state index contributed by atoms with van der Waals surface area (Å²) in [6.45, 7) is 0.796. The Bertz CT molecular complexity index is 506. The molecule has 0 saturated carbocycles. The summed E-state index contributed by atoms with van der Waals surface area (Å²) in [7, 11) is 0. The molecule has 0 amide bonds. The quantitative estimate of drug-likeness (QED) is 0.407. The van der Waals surface area contributed by atoms with Crippen LogP contribution in [-0.2, 0) is 0 Å². The Morgan fingerprint density at radius 2 is 1.35 bits per heavy atom. The highest BCUT2D eigenvalue weighted by molar-refractivity contribution is 9.10. The van der Waals surface area contributed by atoms with E-state index >= 15 is 0 Å². The van der Waals surface area contributed by atoms with Gasteiger partial charge in [-0.1, -0.05) is 56.1 Å². The predicted molar refractivity (Wildman–Crippen MR) is 92.7 cm³/mol. The highest BCUT2D eigenvalue weighted by Crippen LogP contribution is 2.24. The first-order valence-electron chi connectivity index (χ1n) is 6.84. The number of rotatable bonds is 7. The van der Waals surface area contributed by atoms with Crippen molar-refractivity contribution in [1.29, 1.82) is 0 Å². The monoisotopic (exact) mass is 396 g/mol. The minimum absolute atomic E-state index is 0.796. The van der Waals surface area contributed by atoms with Gasteiger partial charge in [-0.25, -0.2) is 0 Å². The molecule has 0 fully saturated rings. The third-order valence-corrected chi connectivity index (χ3v) is 4.17. The van der Waals surface area contributed by atoms with Crippen LogP contribution in [0, 0.1) is 0 Å². The summed E-state index contributed by atoms with van der Waals surface area (Å²) in [5.41, 5.74) is 2.43. The topological polar surface area (TPSA) is 9.23 Å². The van der Waals surface area contributed by atoms with Crippen LogP contribution in [0.15, 0.2) is 53.0 Å². The maximum absolute atomic E-state index is 5.74. The second kappa shape index (κ2) is 8.48. The summed E-state index contributed by atoms with van der Waals surface area (Å²) < 4.78 is 6.84. The van der Waals surface area contributed by atoms with Gasteiger partial charge in [0.05, 0.1) is 6.61 Å². The van der Waals surface area contributed by atoms with Crippen molar-refractivity contribution in [3.05, 3.63) is 53.0 Å². The van der Waals surface area contributed by atoms with Crippen molar-refractivity contribution in [3.8, 4) is 16.9 Å². The molecule has 106 valence electrons. The molecule has 0 aliphatic heterocycles. The Balaban J connectivity index is 1.88. The van der Waals surface area contributed by atoms with Gasteiger partial charge in [-0.3, -0.25) is 0 Å². The number of ether oxygens (including phenoxy) is 1. The Morgan fingerprint density at radius 1 is 0.750 bits per heavy atom. The summed E-state index contributed by atoms with van der Waals surface area (Å²) >= 11 is 6.89. The van der Waals surface area contributed by atoms with E-state index in [4.69, 9.17) is 4.74 Å². The number of unbranched alkanes of at least 4 members (excludes halogenated alkanes) is 2. The van der Waals surface area contributed by atoms with Gasteiger partial charge in [0.25, 0.3) is 0 Å². The zero-order chi connectivity index (χ0) is 14.2. The van der Waals surface area contributed by atoms with Crippen molar-refractivity contribution < 1.29 is 4.74 Å². The molecule has 0 radical (unpaired) electrons. The van der Waals surface area contributed by atoms with Crippen molar-refractivity contribution in [2.45, 2.75) is 19.3 Å². The molecule has 0 aliphatic rings. The van der Waals surface area contributed by atoms with E-state index < -0.39 is 0 Å². The highest BCUT2D eigenvalue weighted by Gasteiger charge is 1.99. The molecule has 2 rings (SSSR count). The summed E-state index contributed by atoms with van der Waals surface area (Å²) in [6.07, 6.45) is 3.54. The van der Waals surface area contributed by atoms with E-state index in [1.165, 1.54) is 24.0 Å². The fourth-order valence-corrected chi connectivity index (χ4v) is 2.61. The van der Waals surface area contributed by atoms with E-state index in [-0.39, 0.29) is 0 Å². The maximum Gasteiger partial charge on any atom is 0.119 e. The van der Waals surface area contributed by atoms with E-state index in [0.717, 1.165) is 28.6 Å². The molecule has 1 nitrogen and oxygen atoms in total. The molecule has 0 N–H and O–H groups in total. The molecule has 0 aromatic heterocycles. The van der Waals surface area contributed by atoms with Crippen LogP contribution in [0.25, 0.3) is 11.1 Å². The molecule has 0 unspecified atom stereocenters. The molecule has 0 bridgehead atoms. The van der Waals surface area contributed by atoms with E-state index in [2.05, 4.69) is 68.3 Å². The average Bonchev–Trinajstić information content (AvgIpc) is 2.49. The van der Waals surface area contributed by atoms with E-state index in [1.54, 1.807) is 0 Å². The average molecular weight is 398 g/mol. The van der Waals surface area contributed by atoms with Crippen LogP contribution >= 0.6 is 31.9 Å². The third-order valence-electron chi connectivity index (χ3n) is 3.08. The molecule has 0 heterocycles. The molecule has 0 aliphatic carbocycles. The van der Waals surface area contributed by atoms with Crippen LogP contribution in [0.1, 0.15) is 19.3 Å². The van der Waals surface area contributed by atoms with Crippen molar-refractivity contribution in [2.24, 2.45) is 0 Å². The first kappa shape index (κ1) is 15.6. The molecular formula is C17H18Br2O. The van der Waals surface area contributed by atoms with Gasteiger partial charge in [0.15, 0.2) is 0 Å². The molecule has 2 aromatic rings. The van der Waals surface area contributed by atoms with Crippen LogP contribution in [-0.4, -0.2) is 11.9 Å². The molecular weight excluding hydrogens is 380 g/mol. The molecule has 0 atom stereocenters. The smallest absolute Gasteiger partial charge is 0.119 e. The molecule has 0 spiro atoms. The Kier molecular flexibility index (Phi) is 6.61. The molecule has 3 heteroatoms. The third kappa shape index (κ3) is 4.95. The van der Waals surface area contributed by atoms with Crippen molar-refractivity contribution in [2.75, 3.05) is 11.9 Å². The molecule has 20 heavy (non-hydrogen) atoms. The lowest BCUT2D eigenvalue weighted by Crippen LogP contribution is -1.97. The van der Waals surface area contributed by atoms with Gasteiger partial charge in [0.1, 0.15) is 5.75 Å². The Hall–Kier alpha value is -0.800. The minimum Gasteiger partial charge on any atom is -0.494 e. The fraction of sp³-hybridized carbons (Fsp3) is 0.294.